The second-order valence-electron chi connectivity index (χ2n) is 7.62. The molecule has 1 aliphatic rings. The molecular formula is C16H33N3O2. The number of aliphatic hydroxyl groups excluding tert-OH is 1. The standard InChI is InChI=1S/C16H33N3O2/c1-12(20)14-8-15(18-11-16(3,4)5)10-19(9-14)7-6-17-13(2)21/h12,14-15,18,20H,6-11H2,1-5H3,(H,17,21). The molecular weight excluding hydrogens is 266 g/mol. The van der Waals surface area contributed by atoms with Crippen LogP contribution in [0.25, 0.3) is 0 Å². The molecule has 0 aliphatic carbocycles. The summed E-state index contributed by atoms with van der Waals surface area (Å²) in [4.78, 5) is 13.3. The molecule has 1 saturated heterocycles. The zero-order chi connectivity index (χ0) is 16.0. The number of nitrogens with zero attached hydrogens (tertiary/aromatic N) is 1. The van der Waals surface area contributed by atoms with Crippen LogP contribution in [0.2, 0.25) is 0 Å². The average Bonchev–Trinajstić information content (AvgIpc) is 2.35. The quantitative estimate of drug-likeness (QED) is 0.680. The average molecular weight is 299 g/mol. The van der Waals surface area contributed by atoms with Gasteiger partial charge in [0.25, 0.3) is 0 Å². The highest BCUT2D eigenvalue weighted by Crippen LogP contribution is 2.21. The molecule has 3 unspecified atom stereocenters. The lowest BCUT2D eigenvalue weighted by molar-refractivity contribution is -0.119. The van der Waals surface area contributed by atoms with E-state index in [1.54, 1.807) is 6.92 Å². The molecule has 0 aromatic rings. The predicted octanol–water partition coefficient (Wildman–Crippen LogP) is 0.830. The Hall–Kier alpha value is -0.650. The lowest BCUT2D eigenvalue weighted by atomic mass is 9.89. The zero-order valence-electron chi connectivity index (χ0n) is 14.3. The molecule has 0 aromatic carbocycles. The van der Waals surface area contributed by atoms with Gasteiger partial charge in [0.15, 0.2) is 0 Å². The van der Waals surface area contributed by atoms with Crippen molar-refractivity contribution < 1.29 is 9.90 Å². The van der Waals surface area contributed by atoms with Gasteiger partial charge in [-0.15, -0.1) is 0 Å². The summed E-state index contributed by atoms with van der Waals surface area (Å²) in [6.45, 7) is 14.5. The molecule has 3 atom stereocenters. The zero-order valence-corrected chi connectivity index (χ0v) is 14.3. The van der Waals surface area contributed by atoms with Gasteiger partial charge in [-0.1, -0.05) is 20.8 Å². The van der Waals surface area contributed by atoms with Gasteiger partial charge in [-0.05, 0) is 24.7 Å². The summed E-state index contributed by atoms with van der Waals surface area (Å²) >= 11 is 0. The Morgan fingerprint density at radius 2 is 2.05 bits per heavy atom. The van der Waals surface area contributed by atoms with Crippen molar-refractivity contribution in [1.29, 1.82) is 0 Å². The second-order valence-corrected chi connectivity index (χ2v) is 7.62. The molecule has 0 spiro atoms. The molecule has 21 heavy (non-hydrogen) atoms. The van der Waals surface area contributed by atoms with E-state index < -0.39 is 0 Å². The first-order valence-electron chi connectivity index (χ1n) is 8.05. The van der Waals surface area contributed by atoms with Crippen LogP contribution in [0, 0.1) is 11.3 Å². The van der Waals surface area contributed by atoms with E-state index in [0.29, 0.717) is 18.5 Å². The Morgan fingerprint density at radius 3 is 2.57 bits per heavy atom. The third-order valence-electron chi connectivity index (χ3n) is 3.96. The van der Waals surface area contributed by atoms with Crippen molar-refractivity contribution in [2.75, 3.05) is 32.7 Å². The van der Waals surface area contributed by atoms with Gasteiger partial charge in [-0.25, -0.2) is 0 Å². The highest BCUT2D eigenvalue weighted by atomic mass is 16.3. The van der Waals surface area contributed by atoms with Crippen molar-refractivity contribution in [3.8, 4) is 0 Å². The van der Waals surface area contributed by atoms with Crippen LogP contribution >= 0.6 is 0 Å². The Labute approximate surface area is 129 Å². The summed E-state index contributed by atoms with van der Waals surface area (Å²) in [5, 5.41) is 16.4. The fourth-order valence-corrected chi connectivity index (χ4v) is 2.75. The molecule has 5 nitrogen and oxygen atoms in total. The smallest absolute Gasteiger partial charge is 0.216 e. The van der Waals surface area contributed by atoms with Crippen LogP contribution in [0.1, 0.15) is 41.0 Å². The number of hydrogen-bond acceptors (Lipinski definition) is 4. The van der Waals surface area contributed by atoms with Crippen molar-refractivity contribution in [2.24, 2.45) is 11.3 Å². The summed E-state index contributed by atoms with van der Waals surface area (Å²) in [6.07, 6.45) is 0.734. The van der Waals surface area contributed by atoms with Crippen LogP contribution in [0.5, 0.6) is 0 Å². The van der Waals surface area contributed by atoms with Gasteiger partial charge >= 0.3 is 0 Å². The van der Waals surface area contributed by atoms with Crippen molar-refractivity contribution >= 4 is 5.91 Å². The Bertz CT molecular complexity index is 326. The SMILES string of the molecule is CC(=O)NCCN1CC(NCC(C)(C)C)CC(C(C)O)C1. The Balaban J connectivity index is 2.49. The molecule has 1 amide bonds. The van der Waals surface area contributed by atoms with Gasteiger partial charge in [0.05, 0.1) is 6.10 Å². The van der Waals surface area contributed by atoms with E-state index in [1.165, 1.54) is 0 Å². The number of hydrogen-bond donors (Lipinski definition) is 3. The maximum Gasteiger partial charge on any atom is 0.216 e. The van der Waals surface area contributed by atoms with E-state index in [9.17, 15) is 9.90 Å². The van der Waals surface area contributed by atoms with Crippen molar-refractivity contribution in [1.82, 2.24) is 15.5 Å². The monoisotopic (exact) mass is 299 g/mol. The van der Waals surface area contributed by atoms with E-state index in [0.717, 1.165) is 32.6 Å². The number of likely N-dealkylation sites (tertiary alicyclic amines) is 1. The molecule has 1 aliphatic heterocycles. The lowest BCUT2D eigenvalue weighted by Gasteiger charge is -2.40. The van der Waals surface area contributed by atoms with Gasteiger partial charge < -0.3 is 15.7 Å². The van der Waals surface area contributed by atoms with Crippen molar-refractivity contribution in [3.05, 3.63) is 0 Å². The van der Waals surface area contributed by atoms with Crippen LogP contribution in [-0.2, 0) is 4.79 Å². The van der Waals surface area contributed by atoms with Crippen LogP contribution < -0.4 is 10.6 Å². The number of nitrogens with one attached hydrogen (secondary N) is 2. The van der Waals surface area contributed by atoms with Crippen LogP contribution in [-0.4, -0.2) is 60.8 Å². The minimum Gasteiger partial charge on any atom is -0.393 e. The van der Waals surface area contributed by atoms with E-state index in [1.807, 2.05) is 6.92 Å². The van der Waals surface area contributed by atoms with Gasteiger partial charge in [-0.3, -0.25) is 9.69 Å². The summed E-state index contributed by atoms with van der Waals surface area (Å²) in [5.41, 5.74) is 0.263. The Kier molecular flexibility index (Phi) is 7.10. The summed E-state index contributed by atoms with van der Waals surface area (Å²) in [6, 6.07) is 0.412. The molecule has 1 heterocycles. The predicted molar refractivity (Wildman–Crippen MR) is 86.2 cm³/mol. The topological polar surface area (TPSA) is 64.6 Å². The molecule has 124 valence electrons. The van der Waals surface area contributed by atoms with Gasteiger partial charge in [0, 0.05) is 45.7 Å². The molecule has 3 N–H and O–H groups in total. The number of carbonyl (C=O) groups excluding carboxylic acids is 1. The van der Waals surface area contributed by atoms with Gasteiger partial charge in [0.2, 0.25) is 5.91 Å². The van der Waals surface area contributed by atoms with E-state index in [2.05, 4.69) is 36.3 Å². The van der Waals surface area contributed by atoms with Crippen LogP contribution in [0.3, 0.4) is 0 Å². The van der Waals surface area contributed by atoms with E-state index in [-0.39, 0.29) is 17.4 Å². The highest BCUT2D eigenvalue weighted by molar-refractivity contribution is 5.72. The molecule has 0 bridgehead atoms. The van der Waals surface area contributed by atoms with Crippen LogP contribution in [0.4, 0.5) is 0 Å². The van der Waals surface area contributed by atoms with Crippen molar-refractivity contribution in [3.63, 3.8) is 0 Å². The molecule has 0 aromatic heterocycles. The first-order chi connectivity index (χ1) is 9.67. The minimum absolute atomic E-state index is 0.0153. The minimum atomic E-state index is -0.285. The van der Waals surface area contributed by atoms with Crippen molar-refractivity contribution in [2.45, 2.75) is 53.2 Å². The third-order valence-corrected chi connectivity index (χ3v) is 3.96. The van der Waals surface area contributed by atoms with E-state index in [4.69, 9.17) is 0 Å². The first kappa shape index (κ1) is 18.4. The fourth-order valence-electron chi connectivity index (χ4n) is 2.75. The number of piperidine rings is 1. The summed E-state index contributed by atoms with van der Waals surface area (Å²) in [7, 11) is 0. The maximum absolute atomic E-state index is 11.0. The second kappa shape index (κ2) is 8.11. The van der Waals surface area contributed by atoms with E-state index >= 15 is 0 Å². The summed E-state index contributed by atoms with van der Waals surface area (Å²) < 4.78 is 0. The number of amides is 1. The molecule has 0 radical (unpaired) electrons. The molecule has 1 rings (SSSR count). The van der Waals surface area contributed by atoms with Gasteiger partial charge in [-0.2, -0.15) is 0 Å². The molecule has 5 heteroatoms. The molecule has 1 fully saturated rings. The third kappa shape index (κ3) is 7.79. The van der Waals surface area contributed by atoms with Gasteiger partial charge in [0.1, 0.15) is 0 Å². The lowest BCUT2D eigenvalue weighted by Crippen LogP contribution is -2.53. The highest BCUT2D eigenvalue weighted by Gasteiger charge is 2.30. The number of carbonyl (C=O) groups is 1. The fraction of sp³-hybridized carbons (Fsp3) is 0.938. The Morgan fingerprint density at radius 1 is 1.38 bits per heavy atom. The number of rotatable bonds is 6. The van der Waals surface area contributed by atoms with Crippen LogP contribution in [0.15, 0.2) is 0 Å². The maximum atomic E-state index is 11.0. The largest absolute Gasteiger partial charge is 0.393 e. The number of aliphatic hydroxyl groups is 1. The molecule has 0 saturated carbocycles. The summed E-state index contributed by atoms with van der Waals surface area (Å²) in [5.74, 6) is 0.315. The first-order valence-corrected chi connectivity index (χ1v) is 8.05. The normalized spacial score (nSPS) is 25.6.